The largest absolute Gasteiger partial charge is 0.493 e. The molecule has 2 aromatic carbocycles. The van der Waals surface area contributed by atoms with Crippen LogP contribution in [0.5, 0.6) is 5.75 Å². The first-order valence-corrected chi connectivity index (χ1v) is 9.77. The quantitative estimate of drug-likeness (QED) is 0.299. The molecule has 0 fully saturated rings. The fourth-order valence-corrected chi connectivity index (χ4v) is 4.24. The molecule has 0 aliphatic carbocycles. The molecule has 0 saturated carbocycles. The molecule has 4 rings (SSSR count). The van der Waals surface area contributed by atoms with E-state index in [-0.39, 0.29) is 5.56 Å². The first-order valence-electron chi connectivity index (χ1n) is 7.91. The van der Waals surface area contributed by atoms with Crippen LogP contribution in [0.1, 0.15) is 0 Å². The van der Waals surface area contributed by atoms with Crippen LogP contribution in [0.15, 0.2) is 63.9 Å². The van der Waals surface area contributed by atoms with Crippen LogP contribution in [-0.4, -0.2) is 21.9 Å². The van der Waals surface area contributed by atoms with Gasteiger partial charge in [-0.05, 0) is 34.4 Å². The van der Waals surface area contributed by atoms with Crippen LogP contribution < -0.4 is 10.3 Å². The number of ether oxygens (including phenoxy) is 1. The number of thioether (sulfide) groups is 1. The van der Waals surface area contributed by atoms with E-state index in [1.165, 1.54) is 33.9 Å². The maximum Gasteiger partial charge on any atom is 0.271 e. The summed E-state index contributed by atoms with van der Waals surface area (Å²) in [5, 5.41) is 4.99. The van der Waals surface area contributed by atoms with Crippen molar-refractivity contribution in [2.24, 2.45) is 7.05 Å². The van der Waals surface area contributed by atoms with Crippen molar-refractivity contribution in [1.82, 2.24) is 9.55 Å². The number of rotatable bonds is 5. The second-order valence-corrected chi connectivity index (χ2v) is 7.58. The Morgan fingerprint density at radius 3 is 2.88 bits per heavy atom. The van der Waals surface area contributed by atoms with Crippen LogP contribution in [0.3, 0.4) is 0 Å². The van der Waals surface area contributed by atoms with E-state index < -0.39 is 0 Å². The minimum Gasteiger partial charge on any atom is -0.493 e. The van der Waals surface area contributed by atoms with Crippen molar-refractivity contribution in [3.05, 3.63) is 64.3 Å². The van der Waals surface area contributed by atoms with E-state index in [9.17, 15) is 4.79 Å². The summed E-state index contributed by atoms with van der Waals surface area (Å²) in [6.07, 6.45) is 0. The molecule has 25 heavy (non-hydrogen) atoms. The molecule has 0 unspecified atom stereocenters. The van der Waals surface area contributed by atoms with Gasteiger partial charge in [-0.2, -0.15) is 0 Å². The highest BCUT2D eigenvalue weighted by molar-refractivity contribution is 7.99. The number of aromatic nitrogens is 2. The summed E-state index contributed by atoms with van der Waals surface area (Å²) in [5.41, 5.74) is 0.781. The summed E-state index contributed by atoms with van der Waals surface area (Å²) in [6.45, 7) is 0.556. The summed E-state index contributed by atoms with van der Waals surface area (Å²) in [7, 11) is 1.76. The maximum absolute atomic E-state index is 12.3. The Hall–Kier alpha value is -2.31. The molecule has 0 bridgehead atoms. The van der Waals surface area contributed by atoms with E-state index in [1.54, 1.807) is 11.6 Å². The summed E-state index contributed by atoms with van der Waals surface area (Å²) >= 11 is 2.97. The SMILES string of the molecule is Cn1c(SCCOc2ccc3ccccc3c2)nc2ccsc2c1=O. The van der Waals surface area contributed by atoms with Gasteiger partial charge >= 0.3 is 0 Å². The Kier molecular flexibility index (Phi) is 4.46. The van der Waals surface area contributed by atoms with Crippen molar-refractivity contribution >= 4 is 44.1 Å². The number of fused-ring (bicyclic) bond motifs is 2. The zero-order valence-electron chi connectivity index (χ0n) is 13.6. The van der Waals surface area contributed by atoms with Gasteiger partial charge in [-0.25, -0.2) is 4.98 Å². The molecular formula is C19H16N2O2S2. The lowest BCUT2D eigenvalue weighted by Crippen LogP contribution is -2.19. The predicted molar refractivity (Wildman–Crippen MR) is 105 cm³/mol. The van der Waals surface area contributed by atoms with Gasteiger partial charge in [0.05, 0.1) is 12.1 Å². The van der Waals surface area contributed by atoms with Crippen molar-refractivity contribution in [1.29, 1.82) is 0 Å². The second-order valence-electron chi connectivity index (χ2n) is 5.60. The first-order chi connectivity index (χ1) is 12.2. The van der Waals surface area contributed by atoms with Crippen molar-refractivity contribution in [3.8, 4) is 5.75 Å². The molecule has 0 atom stereocenters. The molecule has 4 nitrogen and oxygen atoms in total. The van der Waals surface area contributed by atoms with Gasteiger partial charge in [-0.3, -0.25) is 9.36 Å². The zero-order chi connectivity index (χ0) is 17.2. The van der Waals surface area contributed by atoms with E-state index in [1.807, 2.05) is 35.7 Å². The lowest BCUT2D eigenvalue weighted by atomic mass is 10.1. The smallest absolute Gasteiger partial charge is 0.271 e. The molecule has 0 aliphatic rings. The molecule has 0 N–H and O–H groups in total. The Balaban J connectivity index is 1.42. The van der Waals surface area contributed by atoms with E-state index in [0.717, 1.165) is 22.2 Å². The van der Waals surface area contributed by atoms with E-state index >= 15 is 0 Å². The molecule has 2 aromatic heterocycles. The zero-order valence-corrected chi connectivity index (χ0v) is 15.3. The van der Waals surface area contributed by atoms with Gasteiger partial charge in [-0.15, -0.1) is 11.3 Å². The molecule has 6 heteroatoms. The summed E-state index contributed by atoms with van der Waals surface area (Å²) in [6, 6.07) is 16.2. The molecule has 2 heterocycles. The molecule has 0 aliphatic heterocycles. The van der Waals surface area contributed by atoms with Crippen LogP contribution in [0.25, 0.3) is 21.0 Å². The highest BCUT2D eigenvalue weighted by atomic mass is 32.2. The standard InChI is InChI=1S/C19H16N2O2S2/c1-21-18(22)17-16(8-10-24-17)20-19(21)25-11-9-23-15-7-6-13-4-2-3-5-14(13)12-15/h2-8,10,12H,9,11H2,1H3. The summed E-state index contributed by atoms with van der Waals surface area (Å²) in [4.78, 5) is 16.8. The highest BCUT2D eigenvalue weighted by Gasteiger charge is 2.09. The van der Waals surface area contributed by atoms with Crippen LogP contribution in [-0.2, 0) is 7.05 Å². The molecule has 0 spiro atoms. The fraction of sp³-hybridized carbons (Fsp3) is 0.158. The number of benzene rings is 2. The van der Waals surface area contributed by atoms with Crippen LogP contribution >= 0.6 is 23.1 Å². The van der Waals surface area contributed by atoms with E-state index in [0.29, 0.717) is 11.3 Å². The molecule has 0 saturated heterocycles. The van der Waals surface area contributed by atoms with Gasteiger partial charge < -0.3 is 4.74 Å². The third-order valence-corrected chi connectivity index (χ3v) is 5.84. The molecule has 4 aromatic rings. The maximum atomic E-state index is 12.3. The van der Waals surface area contributed by atoms with Crippen molar-refractivity contribution in [3.63, 3.8) is 0 Å². The van der Waals surface area contributed by atoms with Crippen LogP contribution in [0, 0.1) is 0 Å². The lowest BCUT2D eigenvalue weighted by Gasteiger charge is -2.09. The number of hydrogen-bond acceptors (Lipinski definition) is 5. The summed E-state index contributed by atoms with van der Waals surface area (Å²) < 4.78 is 8.16. The van der Waals surface area contributed by atoms with Gasteiger partial charge in [0.1, 0.15) is 10.4 Å². The Morgan fingerprint density at radius 1 is 1.16 bits per heavy atom. The Bertz CT molecular complexity index is 1100. The van der Waals surface area contributed by atoms with Gasteiger partial charge in [0.2, 0.25) is 0 Å². The normalized spacial score (nSPS) is 11.2. The van der Waals surface area contributed by atoms with Crippen molar-refractivity contribution in [2.45, 2.75) is 5.16 Å². The first kappa shape index (κ1) is 16.2. The Labute approximate surface area is 153 Å². The number of thiophene rings is 1. The van der Waals surface area contributed by atoms with Gasteiger partial charge in [0.15, 0.2) is 5.16 Å². The van der Waals surface area contributed by atoms with Gasteiger partial charge in [0, 0.05) is 12.8 Å². The monoisotopic (exact) mass is 368 g/mol. The Morgan fingerprint density at radius 2 is 2.00 bits per heavy atom. The van der Waals surface area contributed by atoms with E-state index in [2.05, 4.69) is 23.2 Å². The molecule has 126 valence electrons. The number of hydrogen-bond donors (Lipinski definition) is 0. The van der Waals surface area contributed by atoms with Crippen molar-refractivity contribution < 1.29 is 4.74 Å². The van der Waals surface area contributed by atoms with Gasteiger partial charge in [0.25, 0.3) is 5.56 Å². The lowest BCUT2D eigenvalue weighted by molar-refractivity contribution is 0.344. The predicted octanol–water partition coefficient (Wildman–Crippen LogP) is 4.32. The minimum absolute atomic E-state index is 0.0120. The average Bonchev–Trinajstić information content (AvgIpc) is 3.11. The average molecular weight is 368 g/mol. The van der Waals surface area contributed by atoms with Gasteiger partial charge in [-0.1, -0.05) is 42.1 Å². The molecular weight excluding hydrogens is 352 g/mol. The third kappa shape index (κ3) is 3.27. The third-order valence-electron chi connectivity index (χ3n) is 3.95. The van der Waals surface area contributed by atoms with Crippen molar-refractivity contribution in [2.75, 3.05) is 12.4 Å². The second kappa shape index (κ2) is 6.90. The fourth-order valence-electron chi connectivity index (χ4n) is 2.65. The van der Waals surface area contributed by atoms with Crippen LogP contribution in [0.2, 0.25) is 0 Å². The highest BCUT2D eigenvalue weighted by Crippen LogP contribution is 2.22. The van der Waals surface area contributed by atoms with Crippen LogP contribution in [0.4, 0.5) is 0 Å². The molecule has 0 amide bonds. The summed E-state index contributed by atoms with van der Waals surface area (Å²) in [5.74, 6) is 1.58. The minimum atomic E-state index is 0.0120. The molecule has 0 radical (unpaired) electrons. The topological polar surface area (TPSA) is 44.1 Å². The number of nitrogens with zero attached hydrogens (tertiary/aromatic N) is 2. The van der Waals surface area contributed by atoms with E-state index in [4.69, 9.17) is 4.74 Å².